The Bertz CT molecular complexity index is 394. The minimum Gasteiger partial charge on any atom is -0.287 e. The minimum atomic E-state index is -3.94. The first kappa shape index (κ1) is 23.9. The number of rotatable bonds is 17. The molecular formula is C18H36O4S2. The number of carbonyl (C=O) groups is 1. The van der Waals surface area contributed by atoms with Crippen LogP contribution in [0.1, 0.15) is 96.8 Å². The minimum absolute atomic E-state index is 0.0294. The number of carbonyl (C=O) groups excluding carboxylic acids is 1. The second-order valence-corrected chi connectivity index (χ2v) is 9.22. The highest BCUT2D eigenvalue weighted by Gasteiger charge is 2.07. The second-order valence-electron chi connectivity index (χ2n) is 6.50. The molecule has 0 spiro atoms. The molecule has 0 atom stereocenters. The summed E-state index contributed by atoms with van der Waals surface area (Å²) in [6, 6.07) is 0. The highest BCUT2D eigenvalue weighted by atomic mass is 32.2. The van der Waals surface area contributed by atoms with Crippen molar-refractivity contribution in [2.45, 2.75) is 96.8 Å². The summed E-state index contributed by atoms with van der Waals surface area (Å²) < 4.78 is 29.6. The van der Waals surface area contributed by atoms with Crippen LogP contribution in [0.5, 0.6) is 0 Å². The molecule has 0 saturated carbocycles. The van der Waals surface area contributed by atoms with Crippen LogP contribution in [-0.2, 0) is 14.9 Å². The lowest BCUT2D eigenvalue weighted by Gasteiger charge is -2.03. The molecule has 0 aliphatic rings. The lowest BCUT2D eigenvalue weighted by atomic mass is 10.0. The molecule has 0 radical (unpaired) electrons. The van der Waals surface area contributed by atoms with E-state index >= 15 is 0 Å². The van der Waals surface area contributed by atoms with Crippen molar-refractivity contribution >= 4 is 27.0 Å². The molecule has 6 heteroatoms. The first-order valence-corrected chi connectivity index (χ1v) is 12.2. The third kappa shape index (κ3) is 20.0. The Morgan fingerprint density at radius 2 is 1.21 bits per heavy atom. The molecule has 0 fully saturated rings. The molecule has 0 aromatic heterocycles. The predicted molar refractivity (Wildman–Crippen MR) is 104 cm³/mol. The molecule has 0 unspecified atom stereocenters. The quantitative estimate of drug-likeness (QED) is 0.262. The zero-order valence-electron chi connectivity index (χ0n) is 15.3. The van der Waals surface area contributed by atoms with Crippen molar-refractivity contribution in [2.24, 2.45) is 0 Å². The Balaban J connectivity index is 3.20. The van der Waals surface area contributed by atoms with E-state index in [2.05, 4.69) is 6.92 Å². The van der Waals surface area contributed by atoms with E-state index < -0.39 is 10.1 Å². The summed E-state index contributed by atoms with van der Waals surface area (Å²) in [6.07, 6.45) is 17.1. The van der Waals surface area contributed by atoms with E-state index in [1.807, 2.05) is 0 Å². The fourth-order valence-corrected chi connectivity index (χ4v) is 4.31. The van der Waals surface area contributed by atoms with E-state index in [0.717, 1.165) is 24.6 Å². The van der Waals surface area contributed by atoms with E-state index in [1.165, 1.54) is 70.6 Å². The lowest BCUT2D eigenvalue weighted by Crippen LogP contribution is -2.07. The predicted octanol–water partition coefficient (Wildman–Crippen LogP) is 5.62. The fraction of sp³-hybridized carbons (Fsp3) is 0.944. The monoisotopic (exact) mass is 380 g/mol. The van der Waals surface area contributed by atoms with Gasteiger partial charge in [0.1, 0.15) is 0 Å². The van der Waals surface area contributed by atoms with E-state index in [0.29, 0.717) is 6.42 Å². The summed E-state index contributed by atoms with van der Waals surface area (Å²) in [5.41, 5.74) is 0. The third-order valence-corrected chi connectivity index (χ3v) is 6.00. The molecule has 144 valence electrons. The molecule has 0 aliphatic heterocycles. The van der Waals surface area contributed by atoms with Crippen LogP contribution in [0.3, 0.4) is 0 Å². The van der Waals surface area contributed by atoms with Gasteiger partial charge in [0, 0.05) is 12.2 Å². The lowest BCUT2D eigenvalue weighted by molar-refractivity contribution is -0.111. The van der Waals surface area contributed by atoms with Crippen LogP contribution in [0.4, 0.5) is 0 Å². The zero-order chi connectivity index (χ0) is 18.1. The third-order valence-electron chi connectivity index (χ3n) is 4.09. The molecule has 4 nitrogen and oxygen atoms in total. The van der Waals surface area contributed by atoms with Crippen molar-refractivity contribution in [1.82, 2.24) is 0 Å². The van der Waals surface area contributed by atoms with Gasteiger partial charge in [-0.2, -0.15) is 8.42 Å². The maximum Gasteiger partial charge on any atom is 0.265 e. The molecule has 0 heterocycles. The summed E-state index contributed by atoms with van der Waals surface area (Å²) >= 11 is 1.01. The molecule has 0 aromatic rings. The number of unbranched alkanes of at least 4 members (excludes halogenated alkanes) is 12. The molecule has 24 heavy (non-hydrogen) atoms. The Kier molecular flexibility index (Phi) is 16.4. The first-order valence-electron chi connectivity index (χ1n) is 9.56. The maximum atomic E-state index is 11.5. The van der Waals surface area contributed by atoms with Gasteiger partial charge in [0.05, 0.1) is 5.75 Å². The van der Waals surface area contributed by atoms with Crippen LogP contribution in [-0.4, -0.2) is 29.6 Å². The summed E-state index contributed by atoms with van der Waals surface area (Å²) in [6.45, 7) is 2.25. The van der Waals surface area contributed by atoms with Gasteiger partial charge in [0.15, 0.2) is 5.12 Å². The smallest absolute Gasteiger partial charge is 0.265 e. The van der Waals surface area contributed by atoms with Crippen LogP contribution in [0.2, 0.25) is 0 Å². The molecule has 0 rings (SSSR count). The molecule has 0 aromatic carbocycles. The van der Waals surface area contributed by atoms with Gasteiger partial charge in [0.2, 0.25) is 0 Å². The van der Waals surface area contributed by atoms with E-state index in [1.54, 1.807) is 0 Å². The molecule has 0 bridgehead atoms. The number of hydrogen-bond acceptors (Lipinski definition) is 4. The van der Waals surface area contributed by atoms with Crippen LogP contribution >= 0.6 is 11.8 Å². The van der Waals surface area contributed by atoms with Gasteiger partial charge in [-0.25, -0.2) is 0 Å². The van der Waals surface area contributed by atoms with Crippen LogP contribution in [0, 0.1) is 0 Å². The summed E-state index contributed by atoms with van der Waals surface area (Å²) in [5.74, 6) is -0.196. The molecular weight excluding hydrogens is 344 g/mol. The van der Waals surface area contributed by atoms with E-state index in [-0.39, 0.29) is 16.6 Å². The van der Waals surface area contributed by atoms with Crippen LogP contribution in [0.25, 0.3) is 0 Å². The van der Waals surface area contributed by atoms with Crippen molar-refractivity contribution in [2.75, 3.05) is 11.5 Å². The topological polar surface area (TPSA) is 71.4 Å². The normalized spacial score (nSPS) is 11.8. The number of hydrogen-bond donors (Lipinski definition) is 1. The van der Waals surface area contributed by atoms with E-state index in [9.17, 15) is 13.2 Å². The summed E-state index contributed by atoms with van der Waals surface area (Å²) in [4.78, 5) is 11.5. The van der Waals surface area contributed by atoms with Crippen molar-refractivity contribution < 1.29 is 17.8 Å². The SMILES string of the molecule is CCCCCCCCCCCCCCCC(=O)SCCS(=O)(=O)O. The average molecular weight is 381 g/mol. The van der Waals surface area contributed by atoms with Gasteiger partial charge in [-0.15, -0.1) is 0 Å². The molecule has 0 aliphatic carbocycles. The van der Waals surface area contributed by atoms with Gasteiger partial charge < -0.3 is 0 Å². The van der Waals surface area contributed by atoms with Gasteiger partial charge in [-0.05, 0) is 6.42 Å². The summed E-state index contributed by atoms with van der Waals surface area (Å²) in [7, 11) is -3.94. The Morgan fingerprint density at radius 3 is 1.62 bits per heavy atom. The Hall–Kier alpha value is -0.0700. The second kappa shape index (κ2) is 16.4. The summed E-state index contributed by atoms with van der Waals surface area (Å²) in [5, 5.41) is 0.0294. The maximum absolute atomic E-state index is 11.5. The van der Waals surface area contributed by atoms with Gasteiger partial charge in [-0.3, -0.25) is 9.35 Å². The van der Waals surface area contributed by atoms with Crippen molar-refractivity contribution in [3.8, 4) is 0 Å². The van der Waals surface area contributed by atoms with Gasteiger partial charge in [-0.1, -0.05) is 95.7 Å². The highest BCUT2D eigenvalue weighted by molar-refractivity contribution is 8.14. The Morgan fingerprint density at radius 1 is 0.792 bits per heavy atom. The highest BCUT2D eigenvalue weighted by Crippen LogP contribution is 2.14. The fourth-order valence-electron chi connectivity index (χ4n) is 2.62. The molecule has 0 saturated heterocycles. The van der Waals surface area contributed by atoms with Crippen molar-refractivity contribution in [3.63, 3.8) is 0 Å². The van der Waals surface area contributed by atoms with E-state index in [4.69, 9.17) is 4.55 Å². The Labute approximate surface area is 153 Å². The van der Waals surface area contributed by atoms with Crippen molar-refractivity contribution in [3.05, 3.63) is 0 Å². The average Bonchev–Trinajstić information content (AvgIpc) is 2.50. The largest absolute Gasteiger partial charge is 0.287 e. The van der Waals surface area contributed by atoms with Gasteiger partial charge >= 0.3 is 0 Å². The standard InChI is InChI=1S/C18H36O4S2/c1-2-3-4-5-6-7-8-9-10-11-12-13-14-15-18(19)23-16-17-24(20,21)22/h2-17H2,1H3,(H,20,21,22). The zero-order valence-corrected chi connectivity index (χ0v) is 16.9. The first-order chi connectivity index (χ1) is 11.5. The van der Waals surface area contributed by atoms with Gasteiger partial charge in [0.25, 0.3) is 10.1 Å². The molecule has 1 N–H and O–H groups in total. The van der Waals surface area contributed by atoms with Crippen molar-refractivity contribution in [1.29, 1.82) is 0 Å². The number of thioether (sulfide) groups is 1. The van der Waals surface area contributed by atoms with Crippen LogP contribution < -0.4 is 0 Å². The molecule has 0 amide bonds. The van der Waals surface area contributed by atoms with Crippen LogP contribution in [0.15, 0.2) is 0 Å².